The van der Waals surface area contributed by atoms with E-state index in [2.05, 4.69) is 4.98 Å². The lowest BCUT2D eigenvalue weighted by molar-refractivity contribution is 0.941. The minimum atomic E-state index is 0.631. The first kappa shape index (κ1) is 9.33. The summed E-state index contributed by atoms with van der Waals surface area (Å²) in [5.74, 6) is 1.60. The van der Waals surface area contributed by atoms with Crippen molar-refractivity contribution in [1.29, 1.82) is 0 Å². The van der Waals surface area contributed by atoms with Crippen molar-refractivity contribution in [3.63, 3.8) is 0 Å². The first-order valence-corrected chi connectivity index (χ1v) is 4.47. The zero-order chi connectivity index (χ0) is 8.97. The van der Waals surface area contributed by atoms with E-state index < -0.39 is 0 Å². The molecule has 1 heterocycles. The van der Waals surface area contributed by atoms with Gasteiger partial charge < -0.3 is 4.90 Å². The summed E-state index contributed by atoms with van der Waals surface area (Å²) in [7, 11) is 1.99. The standard InChI is InChI=1S/C9H13ClN2/c1-8-3-4-9(11-7-8)12(2)6-5-10/h3-4,7H,5-6H2,1-2H3. The Bertz CT molecular complexity index is 233. The third-order valence-electron chi connectivity index (χ3n) is 1.71. The number of hydrogen-bond donors (Lipinski definition) is 0. The Morgan fingerprint density at radius 3 is 2.75 bits per heavy atom. The van der Waals surface area contributed by atoms with Gasteiger partial charge in [0.05, 0.1) is 0 Å². The monoisotopic (exact) mass is 184 g/mol. The molecule has 0 N–H and O–H groups in total. The third kappa shape index (κ3) is 2.38. The van der Waals surface area contributed by atoms with E-state index in [4.69, 9.17) is 11.6 Å². The van der Waals surface area contributed by atoms with Crippen molar-refractivity contribution in [3.05, 3.63) is 23.9 Å². The Kier molecular flexibility index (Phi) is 3.35. The van der Waals surface area contributed by atoms with Crippen LogP contribution >= 0.6 is 11.6 Å². The first-order chi connectivity index (χ1) is 5.74. The number of alkyl halides is 1. The molecule has 0 aliphatic heterocycles. The molecule has 12 heavy (non-hydrogen) atoms. The van der Waals surface area contributed by atoms with E-state index in [1.165, 1.54) is 5.56 Å². The predicted octanol–water partition coefficient (Wildman–Crippen LogP) is 2.07. The highest BCUT2D eigenvalue weighted by Gasteiger charge is 1.99. The Hall–Kier alpha value is -0.760. The second-order valence-corrected chi connectivity index (χ2v) is 3.18. The van der Waals surface area contributed by atoms with Crippen LogP contribution in [0.25, 0.3) is 0 Å². The summed E-state index contributed by atoms with van der Waals surface area (Å²) < 4.78 is 0. The summed E-state index contributed by atoms with van der Waals surface area (Å²) in [5, 5.41) is 0. The van der Waals surface area contributed by atoms with Gasteiger partial charge in [0.1, 0.15) is 5.82 Å². The quantitative estimate of drug-likeness (QED) is 0.669. The topological polar surface area (TPSA) is 16.1 Å². The van der Waals surface area contributed by atoms with Gasteiger partial charge in [0.25, 0.3) is 0 Å². The Labute approximate surface area is 78.2 Å². The molecule has 1 aromatic heterocycles. The Balaban J connectivity index is 2.68. The zero-order valence-electron chi connectivity index (χ0n) is 7.42. The molecule has 0 aliphatic carbocycles. The number of aromatic nitrogens is 1. The van der Waals surface area contributed by atoms with Gasteiger partial charge in [-0.2, -0.15) is 0 Å². The highest BCUT2D eigenvalue weighted by Crippen LogP contribution is 2.08. The lowest BCUT2D eigenvalue weighted by atomic mass is 10.3. The van der Waals surface area contributed by atoms with Crippen molar-refractivity contribution in [2.24, 2.45) is 0 Å². The highest BCUT2D eigenvalue weighted by molar-refractivity contribution is 6.18. The molecule has 2 nitrogen and oxygen atoms in total. The SMILES string of the molecule is Cc1ccc(N(C)CCCl)nc1. The lowest BCUT2D eigenvalue weighted by Gasteiger charge is -2.15. The van der Waals surface area contributed by atoms with Crippen LogP contribution in [0.5, 0.6) is 0 Å². The van der Waals surface area contributed by atoms with Crippen molar-refractivity contribution in [1.82, 2.24) is 4.98 Å². The van der Waals surface area contributed by atoms with Gasteiger partial charge in [-0.3, -0.25) is 0 Å². The fraction of sp³-hybridized carbons (Fsp3) is 0.444. The molecule has 0 saturated heterocycles. The zero-order valence-corrected chi connectivity index (χ0v) is 8.17. The van der Waals surface area contributed by atoms with E-state index in [1.807, 2.05) is 37.2 Å². The Morgan fingerprint density at radius 1 is 1.50 bits per heavy atom. The molecule has 0 radical (unpaired) electrons. The molecule has 1 aromatic rings. The number of aryl methyl sites for hydroxylation is 1. The van der Waals surface area contributed by atoms with Crippen molar-refractivity contribution in [2.75, 3.05) is 24.4 Å². The third-order valence-corrected chi connectivity index (χ3v) is 1.88. The number of rotatable bonds is 3. The van der Waals surface area contributed by atoms with Gasteiger partial charge in [-0.1, -0.05) is 6.07 Å². The smallest absolute Gasteiger partial charge is 0.128 e. The van der Waals surface area contributed by atoms with Crippen LogP contribution in [0.15, 0.2) is 18.3 Å². The van der Waals surface area contributed by atoms with Gasteiger partial charge in [-0.05, 0) is 18.6 Å². The molecule has 0 amide bonds. The molecule has 1 rings (SSSR count). The van der Waals surface area contributed by atoms with E-state index in [9.17, 15) is 0 Å². The van der Waals surface area contributed by atoms with E-state index in [0.29, 0.717) is 5.88 Å². The van der Waals surface area contributed by atoms with Gasteiger partial charge >= 0.3 is 0 Å². The van der Waals surface area contributed by atoms with E-state index in [-0.39, 0.29) is 0 Å². The highest BCUT2D eigenvalue weighted by atomic mass is 35.5. The van der Waals surface area contributed by atoms with E-state index in [0.717, 1.165) is 12.4 Å². The predicted molar refractivity (Wildman–Crippen MR) is 53.0 cm³/mol. The molecule has 66 valence electrons. The summed E-state index contributed by atoms with van der Waals surface area (Å²) in [6, 6.07) is 4.05. The second-order valence-electron chi connectivity index (χ2n) is 2.80. The summed E-state index contributed by atoms with van der Waals surface area (Å²) in [6.45, 7) is 2.86. The molecule has 0 unspecified atom stereocenters. The second kappa shape index (κ2) is 4.31. The molecule has 3 heteroatoms. The summed E-state index contributed by atoms with van der Waals surface area (Å²) in [4.78, 5) is 6.30. The molecule has 0 atom stereocenters. The maximum Gasteiger partial charge on any atom is 0.128 e. The van der Waals surface area contributed by atoms with Crippen LogP contribution in [-0.4, -0.2) is 24.5 Å². The van der Waals surface area contributed by atoms with Crippen LogP contribution in [0.1, 0.15) is 5.56 Å². The van der Waals surface area contributed by atoms with Crippen molar-refractivity contribution in [2.45, 2.75) is 6.92 Å². The van der Waals surface area contributed by atoms with Crippen molar-refractivity contribution < 1.29 is 0 Å². The van der Waals surface area contributed by atoms with Gasteiger partial charge in [-0.15, -0.1) is 11.6 Å². The average molecular weight is 185 g/mol. The van der Waals surface area contributed by atoms with Gasteiger partial charge in [0.15, 0.2) is 0 Å². The van der Waals surface area contributed by atoms with Crippen LogP contribution in [-0.2, 0) is 0 Å². The van der Waals surface area contributed by atoms with Crippen molar-refractivity contribution >= 4 is 17.4 Å². The number of pyridine rings is 1. The van der Waals surface area contributed by atoms with Crippen LogP contribution < -0.4 is 4.90 Å². The van der Waals surface area contributed by atoms with Crippen LogP contribution in [0, 0.1) is 6.92 Å². The largest absolute Gasteiger partial charge is 0.358 e. The van der Waals surface area contributed by atoms with Gasteiger partial charge in [0.2, 0.25) is 0 Å². The normalized spacial score (nSPS) is 9.92. The molecule has 0 bridgehead atoms. The van der Waals surface area contributed by atoms with E-state index >= 15 is 0 Å². The lowest BCUT2D eigenvalue weighted by Crippen LogP contribution is -2.20. The molecule has 0 saturated carbocycles. The van der Waals surface area contributed by atoms with E-state index in [1.54, 1.807) is 0 Å². The number of nitrogens with zero attached hydrogens (tertiary/aromatic N) is 2. The van der Waals surface area contributed by atoms with Crippen molar-refractivity contribution in [3.8, 4) is 0 Å². The summed E-state index contributed by atoms with van der Waals surface area (Å²) in [5.41, 5.74) is 1.18. The first-order valence-electron chi connectivity index (χ1n) is 3.94. The van der Waals surface area contributed by atoms with Gasteiger partial charge in [0, 0.05) is 25.7 Å². The number of halogens is 1. The molecule has 0 fully saturated rings. The average Bonchev–Trinajstić information content (AvgIpc) is 2.06. The van der Waals surface area contributed by atoms with Gasteiger partial charge in [-0.25, -0.2) is 4.98 Å². The summed E-state index contributed by atoms with van der Waals surface area (Å²) in [6.07, 6.45) is 1.86. The molecule has 0 spiro atoms. The summed E-state index contributed by atoms with van der Waals surface area (Å²) >= 11 is 5.61. The Morgan fingerprint density at radius 2 is 2.25 bits per heavy atom. The molecule has 0 aromatic carbocycles. The maximum atomic E-state index is 5.61. The van der Waals surface area contributed by atoms with Crippen LogP contribution in [0.4, 0.5) is 5.82 Å². The number of hydrogen-bond acceptors (Lipinski definition) is 2. The van der Waals surface area contributed by atoms with Crippen LogP contribution in [0.3, 0.4) is 0 Å². The minimum Gasteiger partial charge on any atom is -0.358 e. The fourth-order valence-electron chi connectivity index (χ4n) is 0.927. The molecule has 0 aliphatic rings. The van der Waals surface area contributed by atoms with Crippen LogP contribution in [0.2, 0.25) is 0 Å². The minimum absolute atomic E-state index is 0.631. The maximum absolute atomic E-state index is 5.61. The molecular weight excluding hydrogens is 172 g/mol. The molecular formula is C9H13ClN2. The number of anilines is 1. The fourth-order valence-corrected chi connectivity index (χ4v) is 1.18.